The van der Waals surface area contributed by atoms with Crippen LogP contribution >= 0.6 is 0 Å². The number of anilines is 1. The minimum Gasteiger partial charge on any atom is -0.364 e. The van der Waals surface area contributed by atoms with Crippen molar-refractivity contribution < 1.29 is 4.79 Å². The van der Waals surface area contributed by atoms with Gasteiger partial charge in [-0.25, -0.2) is 0 Å². The second kappa shape index (κ2) is 6.60. The fourth-order valence-corrected chi connectivity index (χ4v) is 3.84. The second-order valence-corrected chi connectivity index (χ2v) is 7.28. The number of carbonyl (C=O) groups is 1. The Morgan fingerprint density at radius 3 is 2.46 bits per heavy atom. The van der Waals surface area contributed by atoms with Crippen molar-refractivity contribution in [1.29, 1.82) is 0 Å². The van der Waals surface area contributed by atoms with E-state index in [0.29, 0.717) is 18.7 Å². The molecule has 0 unspecified atom stereocenters. The molecule has 5 rings (SSSR count). The van der Waals surface area contributed by atoms with Crippen molar-refractivity contribution in [2.24, 2.45) is 7.05 Å². The van der Waals surface area contributed by atoms with E-state index in [1.54, 1.807) is 0 Å². The van der Waals surface area contributed by atoms with Crippen molar-refractivity contribution in [2.75, 3.05) is 18.0 Å². The van der Waals surface area contributed by atoms with Gasteiger partial charge in [0.15, 0.2) is 5.78 Å². The molecule has 0 bridgehead atoms. The third-order valence-electron chi connectivity index (χ3n) is 5.37. The molecule has 4 aromatic rings. The topological polar surface area (TPSA) is 51.0 Å². The molecule has 3 heterocycles. The summed E-state index contributed by atoms with van der Waals surface area (Å²) in [5.74, 6) is 0.307. The van der Waals surface area contributed by atoms with Gasteiger partial charge in [-0.1, -0.05) is 30.3 Å². The summed E-state index contributed by atoms with van der Waals surface area (Å²) >= 11 is 0. The van der Waals surface area contributed by atoms with Crippen LogP contribution in [0.5, 0.6) is 0 Å². The Kier molecular flexibility index (Phi) is 3.93. The Labute approximate surface area is 163 Å². The van der Waals surface area contributed by atoms with Crippen LogP contribution in [0.3, 0.4) is 0 Å². The molecule has 28 heavy (non-hydrogen) atoms. The molecule has 1 fully saturated rings. The maximum absolute atomic E-state index is 11.7. The Balaban J connectivity index is 1.55. The summed E-state index contributed by atoms with van der Waals surface area (Å²) in [5, 5.41) is 6.50. The Morgan fingerprint density at radius 2 is 1.75 bits per heavy atom. The van der Waals surface area contributed by atoms with Gasteiger partial charge in [0.1, 0.15) is 0 Å². The van der Waals surface area contributed by atoms with Crippen LogP contribution in [0.15, 0.2) is 67.3 Å². The van der Waals surface area contributed by atoms with Gasteiger partial charge in [0.25, 0.3) is 0 Å². The molecule has 0 saturated carbocycles. The van der Waals surface area contributed by atoms with Crippen LogP contribution in [0.1, 0.15) is 6.42 Å². The molecule has 1 saturated heterocycles. The normalized spacial score (nSPS) is 14.2. The van der Waals surface area contributed by atoms with Crippen molar-refractivity contribution in [1.82, 2.24) is 14.8 Å². The first-order chi connectivity index (χ1) is 13.7. The quantitative estimate of drug-likeness (QED) is 0.547. The number of carbonyl (C=O) groups excluding carboxylic acids is 1. The lowest BCUT2D eigenvalue weighted by atomic mass is 9.98. The van der Waals surface area contributed by atoms with E-state index in [9.17, 15) is 4.79 Å². The van der Waals surface area contributed by atoms with Crippen LogP contribution in [0.2, 0.25) is 0 Å². The molecule has 0 N–H and O–H groups in total. The third kappa shape index (κ3) is 2.95. The predicted molar refractivity (Wildman–Crippen MR) is 111 cm³/mol. The zero-order valence-corrected chi connectivity index (χ0v) is 15.7. The molecule has 5 nitrogen and oxygen atoms in total. The number of hydrogen-bond donors (Lipinski definition) is 0. The summed E-state index contributed by atoms with van der Waals surface area (Å²) in [6, 6.07) is 14.9. The van der Waals surface area contributed by atoms with Gasteiger partial charge in [-0.15, -0.1) is 0 Å². The van der Waals surface area contributed by atoms with Gasteiger partial charge in [-0.2, -0.15) is 5.10 Å². The van der Waals surface area contributed by atoms with Crippen LogP contribution in [0.4, 0.5) is 5.69 Å². The maximum Gasteiger partial charge on any atom is 0.153 e. The number of aromatic nitrogens is 3. The predicted octanol–water partition coefficient (Wildman–Crippen LogP) is 4.08. The lowest BCUT2D eigenvalue weighted by molar-refractivity contribution is -0.116. The van der Waals surface area contributed by atoms with Crippen molar-refractivity contribution >= 4 is 22.2 Å². The van der Waals surface area contributed by atoms with Crippen molar-refractivity contribution in [3.05, 3.63) is 67.3 Å². The number of nitrogens with zero attached hydrogens (tertiary/aromatic N) is 4. The highest BCUT2D eigenvalue weighted by Crippen LogP contribution is 2.32. The minimum absolute atomic E-state index is 0.307. The van der Waals surface area contributed by atoms with Crippen LogP contribution in [0.25, 0.3) is 33.0 Å². The molecule has 0 aliphatic carbocycles. The maximum atomic E-state index is 11.7. The molecule has 0 radical (unpaired) electrons. The highest BCUT2D eigenvalue weighted by atomic mass is 16.1. The van der Waals surface area contributed by atoms with Gasteiger partial charge in [0, 0.05) is 60.8 Å². The van der Waals surface area contributed by atoms with Gasteiger partial charge in [0.2, 0.25) is 0 Å². The van der Waals surface area contributed by atoms with E-state index in [1.807, 2.05) is 36.5 Å². The molecule has 0 atom stereocenters. The molecular formula is C23H20N4O. The highest BCUT2D eigenvalue weighted by molar-refractivity contribution is 5.98. The van der Waals surface area contributed by atoms with Gasteiger partial charge in [-0.05, 0) is 28.6 Å². The summed E-state index contributed by atoms with van der Waals surface area (Å²) in [6.45, 7) is 1.30. The first-order valence-corrected chi connectivity index (χ1v) is 9.41. The van der Waals surface area contributed by atoms with Gasteiger partial charge in [-0.3, -0.25) is 14.5 Å². The first kappa shape index (κ1) is 16.7. The zero-order chi connectivity index (χ0) is 19.1. The third-order valence-corrected chi connectivity index (χ3v) is 5.37. The van der Waals surface area contributed by atoms with E-state index >= 15 is 0 Å². The first-order valence-electron chi connectivity index (χ1n) is 9.41. The molecular weight excluding hydrogens is 348 g/mol. The number of pyridine rings is 1. The van der Waals surface area contributed by atoms with Gasteiger partial charge in [0.05, 0.1) is 12.7 Å². The van der Waals surface area contributed by atoms with Gasteiger partial charge >= 0.3 is 0 Å². The smallest absolute Gasteiger partial charge is 0.153 e. The number of aryl methyl sites for hydroxylation is 1. The summed E-state index contributed by atoms with van der Waals surface area (Å²) < 4.78 is 1.81. The number of rotatable bonds is 3. The molecule has 2 aromatic heterocycles. The fraction of sp³-hybridized carbons (Fsp3) is 0.174. The Bertz CT molecular complexity index is 1180. The second-order valence-electron chi connectivity index (χ2n) is 7.28. The van der Waals surface area contributed by atoms with Crippen molar-refractivity contribution in [3.8, 4) is 22.3 Å². The molecule has 5 heteroatoms. The van der Waals surface area contributed by atoms with E-state index in [4.69, 9.17) is 0 Å². The standard InChI is InChI=1S/C23H20N4O/c1-26-14-19(12-25-26)16-2-4-17(5-3-16)23-13-24-11-18-6-7-20(10-22(18)23)27-9-8-21(28)15-27/h2-7,10-14H,8-9,15H2,1H3. The molecule has 0 amide bonds. The summed E-state index contributed by atoms with van der Waals surface area (Å²) in [4.78, 5) is 18.3. The zero-order valence-electron chi connectivity index (χ0n) is 15.7. The number of benzene rings is 2. The van der Waals surface area contributed by atoms with E-state index in [-0.39, 0.29) is 0 Å². The van der Waals surface area contributed by atoms with Crippen LogP contribution < -0.4 is 4.90 Å². The van der Waals surface area contributed by atoms with Crippen LogP contribution in [-0.2, 0) is 11.8 Å². The summed E-state index contributed by atoms with van der Waals surface area (Å²) in [6.07, 6.45) is 8.33. The Morgan fingerprint density at radius 1 is 0.929 bits per heavy atom. The number of fused-ring (bicyclic) bond motifs is 1. The number of hydrogen-bond acceptors (Lipinski definition) is 4. The molecule has 1 aliphatic heterocycles. The van der Waals surface area contributed by atoms with E-state index < -0.39 is 0 Å². The summed E-state index contributed by atoms with van der Waals surface area (Å²) in [5.41, 5.74) is 5.56. The number of ketones is 1. The van der Waals surface area contributed by atoms with Crippen LogP contribution in [0, 0.1) is 0 Å². The van der Waals surface area contributed by atoms with Gasteiger partial charge < -0.3 is 4.90 Å². The monoisotopic (exact) mass is 368 g/mol. The molecule has 138 valence electrons. The molecule has 0 spiro atoms. The van der Waals surface area contributed by atoms with E-state index in [1.165, 1.54) is 0 Å². The molecule has 2 aromatic carbocycles. The highest BCUT2D eigenvalue weighted by Gasteiger charge is 2.20. The largest absolute Gasteiger partial charge is 0.364 e. The molecule has 1 aliphatic rings. The SMILES string of the molecule is Cn1cc(-c2ccc(-c3cncc4ccc(N5CCC(=O)C5)cc34)cc2)cn1. The van der Waals surface area contributed by atoms with E-state index in [0.717, 1.165) is 45.3 Å². The average Bonchev–Trinajstić information content (AvgIpc) is 3.36. The van der Waals surface area contributed by atoms with Crippen molar-refractivity contribution in [2.45, 2.75) is 6.42 Å². The van der Waals surface area contributed by atoms with Crippen molar-refractivity contribution in [3.63, 3.8) is 0 Å². The fourth-order valence-electron chi connectivity index (χ4n) is 3.84. The Hall–Kier alpha value is -3.47. The lowest BCUT2D eigenvalue weighted by Gasteiger charge is -2.18. The minimum atomic E-state index is 0.307. The van der Waals surface area contributed by atoms with E-state index in [2.05, 4.69) is 57.4 Å². The number of Topliss-reactive ketones (excluding diaryl/α,β-unsaturated/α-hetero) is 1. The lowest BCUT2D eigenvalue weighted by Crippen LogP contribution is -2.19. The van der Waals surface area contributed by atoms with Crippen LogP contribution in [-0.4, -0.2) is 33.6 Å². The summed E-state index contributed by atoms with van der Waals surface area (Å²) in [7, 11) is 1.92. The average molecular weight is 368 g/mol.